The third kappa shape index (κ3) is 6.40. The van der Waals surface area contributed by atoms with Gasteiger partial charge >= 0.3 is 0 Å². The molecule has 0 heterocycles. The Morgan fingerprint density at radius 3 is 1.59 bits per heavy atom. The first-order valence-electron chi connectivity index (χ1n) is 8.96. The number of hydrogen-bond acceptors (Lipinski definition) is 10. The van der Waals surface area contributed by atoms with E-state index in [1.54, 1.807) is 21.3 Å². The molecule has 0 bridgehead atoms. The number of ether oxygens (including phenoxy) is 3. The monoisotopic (exact) mass is 454 g/mol. The van der Waals surface area contributed by atoms with Gasteiger partial charge in [0.1, 0.15) is 0 Å². The molecule has 0 aliphatic carbocycles. The topological polar surface area (TPSA) is 197 Å². The van der Waals surface area contributed by atoms with Crippen molar-refractivity contribution in [3.05, 3.63) is 60.2 Å². The van der Waals surface area contributed by atoms with Crippen LogP contribution in [0.15, 0.2) is 24.3 Å². The predicted molar refractivity (Wildman–Crippen MR) is 108 cm³/mol. The van der Waals surface area contributed by atoms with Crippen molar-refractivity contribution in [1.82, 2.24) is 0 Å². The van der Waals surface area contributed by atoms with Crippen LogP contribution in [0.1, 0.15) is 5.56 Å². The molecule has 0 aliphatic heterocycles. The first-order chi connectivity index (χ1) is 15.1. The van der Waals surface area contributed by atoms with Crippen LogP contribution in [-0.2, 0) is 6.42 Å². The van der Waals surface area contributed by atoms with Crippen LogP contribution in [-0.4, -0.2) is 49.7 Å². The first kappa shape index (κ1) is 25.8. The zero-order valence-electron chi connectivity index (χ0n) is 17.7. The molecule has 0 saturated carbocycles. The molecule has 14 nitrogen and oxygen atoms in total. The second-order valence-corrected chi connectivity index (χ2v) is 6.06. The number of nitrogens with zero attached hydrogens (tertiary/aromatic N) is 3. The highest BCUT2D eigenvalue weighted by atomic mass is 16.6. The van der Waals surface area contributed by atoms with Crippen molar-refractivity contribution < 1.29 is 39.4 Å². The van der Waals surface area contributed by atoms with E-state index < -0.39 is 37.6 Å². The number of methoxy groups -OCH3 is 3. The van der Waals surface area contributed by atoms with E-state index in [-0.39, 0.29) is 0 Å². The molecule has 0 radical (unpaired) electrons. The predicted octanol–water partition coefficient (Wildman–Crippen LogP) is 0.933. The zero-order chi connectivity index (χ0) is 24.4. The normalized spacial score (nSPS) is 9.88. The number of benzene rings is 2. The largest absolute Gasteiger partial charge is 0.863 e. The molecule has 0 spiro atoms. The van der Waals surface area contributed by atoms with Gasteiger partial charge in [0.05, 0.1) is 67.6 Å². The fourth-order valence-electron chi connectivity index (χ4n) is 2.55. The van der Waals surface area contributed by atoms with Crippen LogP contribution >= 0.6 is 0 Å². The smallest absolute Gasteiger partial charge is 0.283 e. The average Bonchev–Trinajstić information content (AvgIpc) is 2.76. The summed E-state index contributed by atoms with van der Waals surface area (Å²) in [6.07, 6.45) is 0.979. The molecule has 0 amide bonds. The maximum absolute atomic E-state index is 11.1. The molecule has 0 unspecified atom stereocenters. The van der Waals surface area contributed by atoms with Crippen LogP contribution in [0.3, 0.4) is 0 Å². The Morgan fingerprint density at radius 2 is 1.28 bits per heavy atom. The Hall–Kier alpha value is -4.20. The highest BCUT2D eigenvalue weighted by molar-refractivity contribution is 5.64. The van der Waals surface area contributed by atoms with Crippen LogP contribution in [0.25, 0.3) is 0 Å². The lowest BCUT2D eigenvalue weighted by atomic mass is 10.1. The molecule has 32 heavy (non-hydrogen) atoms. The van der Waals surface area contributed by atoms with Crippen molar-refractivity contribution in [2.75, 3.05) is 34.9 Å². The number of nitro benzene ring substituents is 3. The van der Waals surface area contributed by atoms with Gasteiger partial charge in [0.15, 0.2) is 11.5 Å². The van der Waals surface area contributed by atoms with E-state index in [4.69, 9.17) is 14.2 Å². The minimum Gasteiger partial charge on any atom is -0.863 e. The van der Waals surface area contributed by atoms with E-state index in [0.717, 1.165) is 13.0 Å². The van der Waals surface area contributed by atoms with Gasteiger partial charge in [-0.2, -0.15) is 0 Å². The van der Waals surface area contributed by atoms with E-state index in [2.05, 4.69) is 12.4 Å². The molecule has 2 aromatic rings. The summed E-state index contributed by atoms with van der Waals surface area (Å²) in [4.78, 5) is 27.5. The Balaban J connectivity index is 0.000000320. The van der Waals surface area contributed by atoms with Gasteiger partial charge in [-0.15, -0.1) is 0 Å². The minimum absolute atomic E-state index is 0.384. The Morgan fingerprint density at radius 1 is 0.812 bits per heavy atom. The number of likely N-dealkylation sites (N-methyl/N-ethyl adjacent to an activating group) is 1. The fourth-order valence-corrected chi connectivity index (χ4v) is 2.55. The van der Waals surface area contributed by atoms with E-state index in [9.17, 15) is 35.4 Å². The Labute approximate surface area is 181 Å². The fraction of sp³-hybridized carbons (Fsp3) is 0.333. The van der Waals surface area contributed by atoms with Crippen LogP contribution in [0.5, 0.6) is 23.0 Å². The van der Waals surface area contributed by atoms with Crippen molar-refractivity contribution in [2.45, 2.75) is 6.42 Å². The van der Waals surface area contributed by atoms with Crippen LogP contribution < -0.4 is 24.6 Å². The number of rotatable bonds is 9. The summed E-state index contributed by atoms with van der Waals surface area (Å²) in [5, 5.41) is 44.2. The molecular weight excluding hydrogens is 432 g/mol. The summed E-state index contributed by atoms with van der Waals surface area (Å²) in [6.45, 7) is 1.04. The molecule has 0 fully saturated rings. The quantitative estimate of drug-likeness (QED) is 0.420. The summed E-state index contributed by atoms with van der Waals surface area (Å²) >= 11 is 0. The zero-order valence-corrected chi connectivity index (χ0v) is 17.7. The lowest BCUT2D eigenvalue weighted by Crippen LogP contribution is -2.80. The Bertz CT molecular complexity index is 936. The molecule has 2 N–H and O–H groups in total. The van der Waals surface area contributed by atoms with Crippen LogP contribution in [0, 0.1) is 30.3 Å². The van der Waals surface area contributed by atoms with Crippen LogP contribution in [0.2, 0.25) is 0 Å². The Kier molecular flexibility index (Phi) is 9.57. The summed E-state index contributed by atoms with van der Waals surface area (Å²) in [6, 6.07) is 4.75. The van der Waals surface area contributed by atoms with Gasteiger partial charge in [0.25, 0.3) is 17.1 Å². The van der Waals surface area contributed by atoms with Crippen molar-refractivity contribution in [1.29, 1.82) is 0 Å². The first-order valence-corrected chi connectivity index (χ1v) is 8.96. The molecular formula is C18H22N4O10. The number of nitro groups is 3. The lowest BCUT2D eigenvalue weighted by Gasteiger charge is -2.13. The summed E-state index contributed by atoms with van der Waals surface area (Å²) in [7, 11) is 6.93. The molecule has 14 heteroatoms. The number of hydrogen-bond donors (Lipinski definition) is 1. The van der Waals surface area contributed by atoms with Gasteiger partial charge in [-0.25, -0.2) is 0 Å². The lowest BCUT2D eigenvalue weighted by molar-refractivity contribution is -0.626. The van der Waals surface area contributed by atoms with Crippen LogP contribution in [0.4, 0.5) is 17.1 Å². The van der Waals surface area contributed by atoms with Gasteiger partial charge in [0.2, 0.25) is 5.75 Å². The van der Waals surface area contributed by atoms with E-state index in [1.165, 1.54) is 5.56 Å². The minimum atomic E-state index is -1.46. The SMILES string of the molecule is C[NH2+]CCc1cc(OC)c(OC)c(OC)c1.O=[N+]([O-])c1cc([N+](=O)[O-])c([O-])c([N+](=O)[O-])c1. The number of quaternary nitrogens is 1. The van der Waals surface area contributed by atoms with E-state index in [1.807, 2.05) is 12.1 Å². The second kappa shape index (κ2) is 11.8. The van der Waals surface area contributed by atoms with Gasteiger partial charge in [-0.05, 0) is 17.7 Å². The standard InChI is InChI=1S/C12H19NO3.C6H3N3O7/c1-13-6-5-9-7-10(14-2)12(16-4)11(8-9)15-3;10-6-4(8(13)14)1-3(7(11)12)2-5(6)9(15)16/h7-8,13H,5-6H2,1-4H3;1-2,10H. The van der Waals surface area contributed by atoms with Gasteiger partial charge < -0.3 is 24.6 Å². The highest BCUT2D eigenvalue weighted by Gasteiger charge is 2.24. The molecule has 0 atom stereocenters. The number of nitrogens with two attached hydrogens (primary N) is 1. The highest BCUT2D eigenvalue weighted by Crippen LogP contribution is 2.38. The van der Waals surface area contributed by atoms with E-state index >= 15 is 0 Å². The van der Waals surface area contributed by atoms with Crippen molar-refractivity contribution in [2.24, 2.45) is 0 Å². The molecule has 174 valence electrons. The number of non-ortho nitro benzene ring substituents is 1. The van der Waals surface area contributed by atoms with Gasteiger partial charge in [-0.3, -0.25) is 30.3 Å². The van der Waals surface area contributed by atoms with Crippen molar-refractivity contribution in [3.8, 4) is 23.0 Å². The molecule has 0 aliphatic rings. The molecule has 2 aromatic carbocycles. The average molecular weight is 454 g/mol. The summed E-state index contributed by atoms with van der Waals surface area (Å²) in [5.74, 6) is 0.621. The van der Waals surface area contributed by atoms with Gasteiger partial charge in [0, 0.05) is 6.42 Å². The van der Waals surface area contributed by atoms with Crippen molar-refractivity contribution >= 4 is 17.1 Å². The van der Waals surface area contributed by atoms with E-state index in [0.29, 0.717) is 29.4 Å². The summed E-state index contributed by atoms with van der Waals surface area (Å²) < 4.78 is 15.8. The molecule has 2 rings (SSSR count). The van der Waals surface area contributed by atoms with Gasteiger partial charge in [-0.1, -0.05) is 0 Å². The second-order valence-electron chi connectivity index (χ2n) is 6.06. The maximum atomic E-state index is 11.1. The summed E-state index contributed by atoms with van der Waals surface area (Å²) in [5.41, 5.74) is -2.08. The maximum Gasteiger partial charge on any atom is 0.283 e. The molecule has 0 saturated heterocycles. The third-order valence-corrected chi connectivity index (χ3v) is 4.08. The van der Waals surface area contributed by atoms with Crippen molar-refractivity contribution in [3.63, 3.8) is 0 Å². The third-order valence-electron chi connectivity index (χ3n) is 4.08. The molecule has 0 aromatic heterocycles.